The van der Waals surface area contributed by atoms with Gasteiger partial charge in [0.25, 0.3) is 0 Å². The van der Waals surface area contributed by atoms with Crippen LogP contribution in [0.2, 0.25) is 0 Å². The van der Waals surface area contributed by atoms with Gasteiger partial charge in [0.2, 0.25) is 11.8 Å². The lowest BCUT2D eigenvalue weighted by Gasteiger charge is -2.25. The number of nitrogens with zero attached hydrogens (tertiary/aromatic N) is 1. The van der Waals surface area contributed by atoms with Gasteiger partial charge in [0, 0.05) is 11.7 Å². The maximum Gasteiger partial charge on any atom is 0.238 e. The zero-order valence-corrected chi connectivity index (χ0v) is 15.2. The lowest BCUT2D eigenvalue weighted by molar-refractivity contribution is -0.127. The minimum atomic E-state index is -0.324. The van der Waals surface area contributed by atoms with Crippen LogP contribution in [0.25, 0.3) is 0 Å². The van der Waals surface area contributed by atoms with E-state index in [2.05, 4.69) is 10.6 Å². The number of hydrogen-bond acceptors (Lipinski definition) is 3. The molecule has 2 N–H and O–H groups in total. The Morgan fingerprint density at radius 2 is 1.92 bits per heavy atom. The average molecular weight is 331 g/mol. The molecule has 24 heavy (non-hydrogen) atoms. The lowest BCUT2D eigenvalue weighted by atomic mass is 10.1. The van der Waals surface area contributed by atoms with E-state index in [1.54, 1.807) is 4.90 Å². The highest BCUT2D eigenvalue weighted by atomic mass is 16.2. The van der Waals surface area contributed by atoms with Gasteiger partial charge in [-0.2, -0.15) is 0 Å². The molecule has 0 saturated heterocycles. The third-order valence-electron chi connectivity index (χ3n) is 5.01. The second-order valence-electron chi connectivity index (χ2n) is 6.88. The van der Waals surface area contributed by atoms with E-state index in [1.165, 1.54) is 12.8 Å². The molecule has 1 aromatic rings. The van der Waals surface area contributed by atoms with Crippen molar-refractivity contribution in [3.63, 3.8) is 0 Å². The van der Waals surface area contributed by atoms with Gasteiger partial charge in [-0.05, 0) is 57.9 Å². The van der Waals surface area contributed by atoms with Crippen molar-refractivity contribution in [2.45, 2.75) is 58.5 Å². The van der Waals surface area contributed by atoms with Crippen LogP contribution in [-0.4, -0.2) is 42.4 Å². The molecule has 0 radical (unpaired) electrons. The quantitative estimate of drug-likeness (QED) is 0.842. The van der Waals surface area contributed by atoms with Crippen LogP contribution in [0.3, 0.4) is 0 Å². The van der Waals surface area contributed by atoms with Crippen molar-refractivity contribution in [1.82, 2.24) is 10.2 Å². The number of nitrogens with one attached hydrogen (secondary N) is 2. The number of carbonyl (C=O) groups is 2. The molecule has 132 valence electrons. The summed E-state index contributed by atoms with van der Waals surface area (Å²) in [5.74, 6) is -0.101. The number of carbonyl (C=O) groups excluding carboxylic acids is 2. The molecule has 1 fully saturated rings. The monoisotopic (exact) mass is 331 g/mol. The molecule has 0 aromatic heterocycles. The van der Waals surface area contributed by atoms with Crippen molar-refractivity contribution in [1.29, 1.82) is 0 Å². The number of amides is 2. The van der Waals surface area contributed by atoms with E-state index in [9.17, 15) is 9.59 Å². The highest BCUT2D eigenvalue weighted by molar-refractivity contribution is 5.93. The zero-order chi connectivity index (χ0) is 17.7. The molecule has 1 atom stereocenters. The van der Waals surface area contributed by atoms with Crippen LogP contribution in [0, 0.1) is 13.8 Å². The Labute approximate surface area is 144 Å². The molecule has 0 aliphatic heterocycles. The van der Waals surface area contributed by atoms with Gasteiger partial charge in [-0.3, -0.25) is 14.5 Å². The Hall–Kier alpha value is -1.88. The fourth-order valence-corrected chi connectivity index (χ4v) is 3.03. The number of aryl methyl sites for hydroxylation is 1. The number of likely N-dealkylation sites (N-methyl/N-ethyl adjacent to an activating group) is 1. The van der Waals surface area contributed by atoms with Gasteiger partial charge in [-0.1, -0.05) is 25.0 Å². The first-order valence-electron chi connectivity index (χ1n) is 8.75. The standard InChI is InChI=1S/C19H29N3O2/c1-13-8-7-11-17(14(13)2)21-18(23)12-22(4)15(3)19(24)20-16-9-5-6-10-16/h7-8,11,15-16H,5-6,9-10,12H2,1-4H3,(H,20,24)(H,21,23)/t15-/m1/s1. The van der Waals surface area contributed by atoms with E-state index in [-0.39, 0.29) is 24.4 Å². The highest BCUT2D eigenvalue weighted by Gasteiger charge is 2.24. The van der Waals surface area contributed by atoms with E-state index in [0.717, 1.165) is 29.7 Å². The molecule has 0 bridgehead atoms. The Morgan fingerprint density at radius 1 is 1.25 bits per heavy atom. The molecule has 2 amide bonds. The van der Waals surface area contributed by atoms with Crippen molar-refractivity contribution >= 4 is 17.5 Å². The average Bonchev–Trinajstić information content (AvgIpc) is 3.03. The number of hydrogen-bond donors (Lipinski definition) is 2. The molecule has 1 saturated carbocycles. The van der Waals surface area contributed by atoms with Crippen molar-refractivity contribution in [3.8, 4) is 0 Å². The molecule has 0 heterocycles. The maximum atomic E-state index is 12.3. The molecule has 0 spiro atoms. The molecule has 1 aromatic carbocycles. The molecular weight excluding hydrogens is 302 g/mol. The maximum absolute atomic E-state index is 12.3. The van der Waals surface area contributed by atoms with E-state index in [4.69, 9.17) is 0 Å². The van der Waals surface area contributed by atoms with E-state index < -0.39 is 0 Å². The fraction of sp³-hybridized carbons (Fsp3) is 0.579. The van der Waals surface area contributed by atoms with Gasteiger partial charge in [-0.25, -0.2) is 0 Å². The Morgan fingerprint density at radius 3 is 2.58 bits per heavy atom. The van der Waals surface area contributed by atoms with Crippen molar-refractivity contribution in [3.05, 3.63) is 29.3 Å². The second kappa shape index (κ2) is 8.29. The number of benzene rings is 1. The topological polar surface area (TPSA) is 61.4 Å². The van der Waals surface area contributed by atoms with Crippen molar-refractivity contribution in [2.75, 3.05) is 18.9 Å². The first-order chi connectivity index (χ1) is 11.4. The second-order valence-corrected chi connectivity index (χ2v) is 6.88. The van der Waals surface area contributed by atoms with Crippen LogP contribution in [0.15, 0.2) is 18.2 Å². The lowest BCUT2D eigenvalue weighted by Crippen LogP contribution is -2.48. The predicted octanol–water partition coefficient (Wildman–Crippen LogP) is 2.62. The summed E-state index contributed by atoms with van der Waals surface area (Å²) in [5, 5.41) is 6.02. The van der Waals surface area contributed by atoms with Crippen LogP contribution in [0.4, 0.5) is 5.69 Å². The Balaban J connectivity index is 1.85. The van der Waals surface area contributed by atoms with Crippen LogP contribution in [-0.2, 0) is 9.59 Å². The van der Waals surface area contributed by atoms with Gasteiger partial charge in [-0.15, -0.1) is 0 Å². The first-order valence-corrected chi connectivity index (χ1v) is 8.75. The van der Waals surface area contributed by atoms with Crippen LogP contribution in [0.1, 0.15) is 43.7 Å². The predicted molar refractivity (Wildman–Crippen MR) is 97.0 cm³/mol. The Kier molecular flexibility index (Phi) is 6.37. The molecule has 2 rings (SSSR count). The van der Waals surface area contributed by atoms with Gasteiger partial charge in [0.15, 0.2) is 0 Å². The summed E-state index contributed by atoms with van der Waals surface area (Å²) in [7, 11) is 1.81. The minimum absolute atomic E-state index is 0.00364. The summed E-state index contributed by atoms with van der Waals surface area (Å²) in [4.78, 5) is 26.4. The smallest absolute Gasteiger partial charge is 0.238 e. The third-order valence-corrected chi connectivity index (χ3v) is 5.01. The SMILES string of the molecule is Cc1cccc(NC(=O)CN(C)[C@H](C)C(=O)NC2CCCC2)c1C. The van der Waals surface area contributed by atoms with Crippen LogP contribution >= 0.6 is 0 Å². The van der Waals surface area contributed by atoms with Crippen molar-refractivity contribution < 1.29 is 9.59 Å². The summed E-state index contributed by atoms with van der Waals surface area (Å²) in [6, 6.07) is 5.83. The summed E-state index contributed by atoms with van der Waals surface area (Å²) in [6.07, 6.45) is 4.51. The van der Waals surface area contributed by atoms with Crippen LogP contribution < -0.4 is 10.6 Å². The molecule has 1 aliphatic carbocycles. The highest BCUT2D eigenvalue weighted by Crippen LogP contribution is 2.19. The number of anilines is 1. The molecule has 1 aliphatic rings. The summed E-state index contributed by atoms with van der Waals surface area (Å²) < 4.78 is 0. The van der Waals surface area contributed by atoms with Gasteiger partial charge < -0.3 is 10.6 Å². The summed E-state index contributed by atoms with van der Waals surface area (Å²) in [6.45, 7) is 6.04. The fourth-order valence-electron chi connectivity index (χ4n) is 3.03. The minimum Gasteiger partial charge on any atom is -0.352 e. The van der Waals surface area contributed by atoms with Gasteiger partial charge in [0.05, 0.1) is 12.6 Å². The largest absolute Gasteiger partial charge is 0.352 e. The molecule has 5 nitrogen and oxygen atoms in total. The molecule has 5 heteroatoms. The van der Waals surface area contributed by atoms with Gasteiger partial charge >= 0.3 is 0 Å². The van der Waals surface area contributed by atoms with Gasteiger partial charge in [0.1, 0.15) is 0 Å². The van der Waals surface area contributed by atoms with Crippen LogP contribution in [0.5, 0.6) is 0 Å². The molecular formula is C19H29N3O2. The Bertz CT molecular complexity index is 594. The first kappa shape index (κ1) is 18.5. The summed E-state index contributed by atoms with van der Waals surface area (Å²) in [5.41, 5.74) is 3.04. The number of rotatable bonds is 6. The van der Waals surface area contributed by atoms with Crippen molar-refractivity contribution in [2.24, 2.45) is 0 Å². The zero-order valence-electron chi connectivity index (χ0n) is 15.2. The normalized spacial score (nSPS) is 16.2. The summed E-state index contributed by atoms with van der Waals surface area (Å²) >= 11 is 0. The van der Waals surface area contributed by atoms with E-state index >= 15 is 0 Å². The van der Waals surface area contributed by atoms with E-state index in [0.29, 0.717) is 6.04 Å². The van der Waals surface area contributed by atoms with E-state index in [1.807, 2.05) is 46.0 Å². The molecule has 0 unspecified atom stereocenters. The third kappa shape index (κ3) is 4.81.